The van der Waals surface area contributed by atoms with E-state index in [1.165, 1.54) is 17.2 Å². The van der Waals surface area contributed by atoms with E-state index >= 15 is 0 Å². The monoisotopic (exact) mass is 303 g/mol. The van der Waals surface area contributed by atoms with E-state index < -0.39 is 4.92 Å². The van der Waals surface area contributed by atoms with Gasteiger partial charge in [0.25, 0.3) is 5.69 Å². The van der Waals surface area contributed by atoms with Crippen LogP contribution in [0.25, 0.3) is 0 Å². The Hall–Kier alpha value is -2.11. The van der Waals surface area contributed by atoms with Crippen LogP contribution in [0, 0.1) is 10.1 Å². The van der Waals surface area contributed by atoms with Crippen LogP contribution in [0.15, 0.2) is 36.4 Å². The lowest BCUT2D eigenvalue weighted by Crippen LogP contribution is -2.03. The molecule has 6 heteroatoms. The standard InChI is InChI=1S/C15H14ClN3O2/c16-13-3-4-14(15(6-13)19(20)21)18-7-10-1-2-11-8-17-9-12(11)5-10/h1-6,17-18H,7-9H2. The minimum atomic E-state index is -0.430. The molecule has 0 spiro atoms. The molecular formula is C15H14ClN3O2. The lowest BCUT2D eigenvalue weighted by molar-refractivity contribution is -0.383. The molecule has 1 aliphatic rings. The Morgan fingerprint density at radius 3 is 2.81 bits per heavy atom. The van der Waals surface area contributed by atoms with Crippen LogP contribution in [0.2, 0.25) is 5.02 Å². The lowest BCUT2D eigenvalue weighted by Gasteiger charge is -2.09. The highest BCUT2D eigenvalue weighted by molar-refractivity contribution is 6.30. The zero-order chi connectivity index (χ0) is 14.8. The van der Waals surface area contributed by atoms with Gasteiger partial charge in [-0.05, 0) is 28.8 Å². The Bertz CT molecular complexity index is 703. The van der Waals surface area contributed by atoms with Crippen molar-refractivity contribution in [2.75, 3.05) is 5.32 Å². The quantitative estimate of drug-likeness (QED) is 0.670. The number of benzene rings is 2. The Kier molecular flexibility index (Phi) is 3.77. The first-order valence-corrected chi connectivity index (χ1v) is 7.00. The van der Waals surface area contributed by atoms with Gasteiger partial charge in [-0.1, -0.05) is 29.8 Å². The molecule has 5 nitrogen and oxygen atoms in total. The van der Waals surface area contributed by atoms with Crippen LogP contribution in [-0.4, -0.2) is 4.92 Å². The molecule has 1 heterocycles. The second-order valence-electron chi connectivity index (χ2n) is 4.98. The molecule has 0 unspecified atom stereocenters. The maximum absolute atomic E-state index is 11.0. The molecule has 0 radical (unpaired) electrons. The number of nitrogens with one attached hydrogen (secondary N) is 2. The molecule has 2 aromatic rings. The van der Waals surface area contributed by atoms with Crippen molar-refractivity contribution in [1.82, 2.24) is 5.32 Å². The first-order valence-electron chi connectivity index (χ1n) is 6.63. The van der Waals surface area contributed by atoms with E-state index in [0.717, 1.165) is 18.7 Å². The summed E-state index contributed by atoms with van der Waals surface area (Å²) in [6.07, 6.45) is 0. The van der Waals surface area contributed by atoms with Crippen LogP contribution < -0.4 is 10.6 Å². The third kappa shape index (κ3) is 2.99. The molecule has 0 fully saturated rings. The Labute approximate surface area is 127 Å². The minimum Gasteiger partial charge on any atom is -0.375 e. The molecular weight excluding hydrogens is 290 g/mol. The number of fused-ring (bicyclic) bond motifs is 1. The topological polar surface area (TPSA) is 67.2 Å². The largest absolute Gasteiger partial charge is 0.375 e. The summed E-state index contributed by atoms with van der Waals surface area (Å²) in [4.78, 5) is 10.6. The van der Waals surface area contributed by atoms with Crippen molar-refractivity contribution in [2.45, 2.75) is 19.6 Å². The summed E-state index contributed by atoms with van der Waals surface area (Å²) in [7, 11) is 0. The molecule has 1 aliphatic heterocycles. The fraction of sp³-hybridized carbons (Fsp3) is 0.200. The predicted molar refractivity (Wildman–Crippen MR) is 82.4 cm³/mol. The first-order chi connectivity index (χ1) is 10.1. The Morgan fingerprint density at radius 1 is 1.19 bits per heavy atom. The van der Waals surface area contributed by atoms with Crippen molar-refractivity contribution < 1.29 is 4.92 Å². The van der Waals surface area contributed by atoms with Crippen LogP contribution in [0.3, 0.4) is 0 Å². The van der Waals surface area contributed by atoms with E-state index in [2.05, 4.69) is 22.8 Å². The van der Waals surface area contributed by atoms with Gasteiger partial charge in [0, 0.05) is 30.7 Å². The highest BCUT2D eigenvalue weighted by Crippen LogP contribution is 2.28. The zero-order valence-corrected chi connectivity index (χ0v) is 12.0. The molecule has 0 atom stereocenters. The fourth-order valence-corrected chi connectivity index (χ4v) is 2.63. The number of nitrogens with zero attached hydrogens (tertiary/aromatic N) is 1. The van der Waals surface area contributed by atoms with Gasteiger partial charge in [-0.15, -0.1) is 0 Å². The molecule has 0 bridgehead atoms. The van der Waals surface area contributed by atoms with Crippen molar-refractivity contribution >= 4 is 23.0 Å². The molecule has 21 heavy (non-hydrogen) atoms. The summed E-state index contributed by atoms with van der Waals surface area (Å²) >= 11 is 5.80. The molecule has 108 valence electrons. The molecule has 0 saturated heterocycles. The van der Waals surface area contributed by atoms with Crippen LogP contribution in [0.4, 0.5) is 11.4 Å². The molecule has 2 aromatic carbocycles. The van der Waals surface area contributed by atoms with Crippen molar-refractivity contribution in [3.05, 3.63) is 68.2 Å². The van der Waals surface area contributed by atoms with Gasteiger partial charge in [-0.3, -0.25) is 10.1 Å². The van der Waals surface area contributed by atoms with Gasteiger partial charge in [0.15, 0.2) is 0 Å². The third-order valence-corrected chi connectivity index (χ3v) is 3.78. The summed E-state index contributed by atoms with van der Waals surface area (Å²) in [6, 6.07) is 10.9. The second kappa shape index (κ2) is 5.71. The van der Waals surface area contributed by atoms with Crippen LogP contribution in [-0.2, 0) is 19.6 Å². The van der Waals surface area contributed by atoms with Gasteiger partial charge in [-0.25, -0.2) is 0 Å². The summed E-state index contributed by atoms with van der Waals surface area (Å²) in [5.41, 5.74) is 4.17. The molecule has 0 amide bonds. The highest BCUT2D eigenvalue weighted by atomic mass is 35.5. The normalized spacial score (nSPS) is 13.0. The number of rotatable bonds is 4. The van der Waals surface area contributed by atoms with Crippen LogP contribution >= 0.6 is 11.6 Å². The maximum atomic E-state index is 11.0. The lowest BCUT2D eigenvalue weighted by atomic mass is 10.1. The summed E-state index contributed by atoms with van der Waals surface area (Å²) in [6.45, 7) is 2.33. The summed E-state index contributed by atoms with van der Waals surface area (Å²) in [5.74, 6) is 0. The SMILES string of the molecule is O=[N+]([O-])c1cc(Cl)ccc1NCc1ccc2c(c1)CNC2. The minimum absolute atomic E-state index is 0.00896. The van der Waals surface area contributed by atoms with Gasteiger partial charge >= 0.3 is 0 Å². The Balaban J connectivity index is 1.77. The van der Waals surface area contributed by atoms with Crippen molar-refractivity contribution in [1.29, 1.82) is 0 Å². The fourth-order valence-electron chi connectivity index (χ4n) is 2.46. The number of nitro benzene ring substituents is 1. The first kappa shape index (κ1) is 13.9. The Morgan fingerprint density at radius 2 is 2.00 bits per heavy atom. The van der Waals surface area contributed by atoms with E-state index in [1.54, 1.807) is 12.1 Å². The molecule has 0 aromatic heterocycles. The highest BCUT2D eigenvalue weighted by Gasteiger charge is 2.14. The third-order valence-electron chi connectivity index (χ3n) is 3.54. The number of hydrogen-bond donors (Lipinski definition) is 2. The average molecular weight is 304 g/mol. The van der Waals surface area contributed by atoms with Crippen LogP contribution in [0.1, 0.15) is 16.7 Å². The van der Waals surface area contributed by atoms with E-state index in [0.29, 0.717) is 17.3 Å². The van der Waals surface area contributed by atoms with Crippen molar-refractivity contribution in [2.24, 2.45) is 0 Å². The van der Waals surface area contributed by atoms with Gasteiger partial charge in [0.2, 0.25) is 0 Å². The van der Waals surface area contributed by atoms with Gasteiger partial charge in [0.05, 0.1) is 4.92 Å². The zero-order valence-electron chi connectivity index (χ0n) is 11.2. The molecule has 0 saturated carbocycles. The molecule has 0 aliphatic carbocycles. The number of nitro groups is 1. The van der Waals surface area contributed by atoms with E-state index in [9.17, 15) is 10.1 Å². The molecule has 3 rings (SSSR count). The number of halogens is 1. The van der Waals surface area contributed by atoms with E-state index in [4.69, 9.17) is 11.6 Å². The van der Waals surface area contributed by atoms with Gasteiger partial charge in [0.1, 0.15) is 5.69 Å². The number of anilines is 1. The predicted octanol–water partition coefficient (Wildman–Crippen LogP) is 3.46. The van der Waals surface area contributed by atoms with E-state index in [-0.39, 0.29) is 5.69 Å². The van der Waals surface area contributed by atoms with Crippen molar-refractivity contribution in [3.63, 3.8) is 0 Å². The summed E-state index contributed by atoms with van der Waals surface area (Å²) in [5, 5.41) is 17.8. The van der Waals surface area contributed by atoms with Crippen LogP contribution in [0.5, 0.6) is 0 Å². The summed E-state index contributed by atoms with van der Waals surface area (Å²) < 4.78 is 0. The maximum Gasteiger partial charge on any atom is 0.293 e. The van der Waals surface area contributed by atoms with E-state index in [1.807, 2.05) is 6.07 Å². The smallest absolute Gasteiger partial charge is 0.293 e. The van der Waals surface area contributed by atoms with Gasteiger partial charge < -0.3 is 10.6 Å². The van der Waals surface area contributed by atoms with Crippen molar-refractivity contribution in [3.8, 4) is 0 Å². The van der Waals surface area contributed by atoms with Gasteiger partial charge in [-0.2, -0.15) is 0 Å². The number of hydrogen-bond acceptors (Lipinski definition) is 4. The second-order valence-corrected chi connectivity index (χ2v) is 5.42. The average Bonchev–Trinajstić information content (AvgIpc) is 2.93. The molecule has 2 N–H and O–H groups in total.